The molecule has 2 rings (SSSR count). The van der Waals surface area contributed by atoms with Crippen molar-refractivity contribution in [2.45, 2.75) is 13.5 Å². The Morgan fingerprint density at radius 2 is 2.23 bits per heavy atom. The van der Waals surface area contributed by atoms with Gasteiger partial charge in [0.15, 0.2) is 0 Å². The van der Waals surface area contributed by atoms with Crippen molar-refractivity contribution in [1.82, 2.24) is 0 Å². The number of hydrogen-bond donors (Lipinski definition) is 0. The highest BCUT2D eigenvalue weighted by molar-refractivity contribution is 5.95. The molecule has 1 aromatic rings. The van der Waals surface area contributed by atoms with E-state index >= 15 is 0 Å². The molecular weight excluding hydrogens is 168 g/mol. The summed E-state index contributed by atoms with van der Waals surface area (Å²) in [5, 5.41) is 0. The zero-order valence-electron chi connectivity index (χ0n) is 7.59. The molecule has 0 spiro atoms. The lowest BCUT2D eigenvalue weighted by molar-refractivity contribution is 0.0534. The zero-order valence-corrected chi connectivity index (χ0v) is 7.59. The van der Waals surface area contributed by atoms with Gasteiger partial charge in [0, 0.05) is 5.56 Å². The van der Waals surface area contributed by atoms with Gasteiger partial charge in [-0.25, -0.2) is 4.79 Å². The summed E-state index contributed by atoms with van der Waals surface area (Å²) in [6.07, 6.45) is 0. The van der Waals surface area contributed by atoms with Crippen LogP contribution in [0.3, 0.4) is 0 Å². The molecule has 0 unspecified atom stereocenters. The Bertz CT molecular complexity index is 369. The molecule has 0 saturated carbocycles. The van der Waals surface area contributed by atoms with Crippen LogP contribution in [0.4, 0.5) is 0 Å². The zero-order chi connectivity index (χ0) is 9.42. The van der Waals surface area contributed by atoms with E-state index in [9.17, 15) is 4.79 Å². The summed E-state index contributed by atoms with van der Waals surface area (Å²) in [7, 11) is 1.61. The Balaban J connectivity index is 2.59. The van der Waals surface area contributed by atoms with Gasteiger partial charge in [0.2, 0.25) is 0 Å². The van der Waals surface area contributed by atoms with Crippen LogP contribution in [0, 0.1) is 6.92 Å². The smallest absolute Gasteiger partial charge is 0.339 e. The third-order valence-corrected chi connectivity index (χ3v) is 2.19. The number of ether oxygens (including phenoxy) is 2. The molecule has 0 bridgehead atoms. The van der Waals surface area contributed by atoms with E-state index in [0.717, 1.165) is 16.9 Å². The van der Waals surface area contributed by atoms with E-state index < -0.39 is 0 Å². The molecule has 1 aromatic carbocycles. The Morgan fingerprint density at radius 3 is 2.92 bits per heavy atom. The van der Waals surface area contributed by atoms with Crippen LogP contribution in [-0.2, 0) is 11.3 Å². The van der Waals surface area contributed by atoms with Crippen LogP contribution in [-0.4, -0.2) is 13.1 Å². The molecular formula is C10H10O3. The Morgan fingerprint density at radius 1 is 1.46 bits per heavy atom. The van der Waals surface area contributed by atoms with Crippen LogP contribution < -0.4 is 4.74 Å². The van der Waals surface area contributed by atoms with E-state index in [2.05, 4.69) is 0 Å². The van der Waals surface area contributed by atoms with Crippen LogP contribution in [0.1, 0.15) is 21.5 Å². The van der Waals surface area contributed by atoms with E-state index in [1.807, 2.05) is 19.1 Å². The fourth-order valence-electron chi connectivity index (χ4n) is 1.56. The van der Waals surface area contributed by atoms with Crippen LogP contribution in [0.2, 0.25) is 0 Å². The highest BCUT2D eigenvalue weighted by Gasteiger charge is 2.23. The summed E-state index contributed by atoms with van der Waals surface area (Å²) in [5.41, 5.74) is 2.53. The summed E-state index contributed by atoms with van der Waals surface area (Å²) < 4.78 is 10.00. The van der Waals surface area contributed by atoms with Gasteiger partial charge in [0.1, 0.15) is 12.4 Å². The molecule has 0 atom stereocenters. The van der Waals surface area contributed by atoms with Crippen LogP contribution >= 0.6 is 0 Å². The highest BCUT2D eigenvalue weighted by atomic mass is 16.5. The number of rotatable bonds is 1. The maximum Gasteiger partial charge on any atom is 0.339 e. The van der Waals surface area contributed by atoms with E-state index in [1.54, 1.807) is 7.11 Å². The quantitative estimate of drug-likeness (QED) is 0.613. The van der Waals surface area contributed by atoms with Gasteiger partial charge in [0.05, 0.1) is 12.7 Å². The molecule has 0 radical (unpaired) electrons. The molecule has 0 saturated heterocycles. The Kier molecular flexibility index (Phi) is 1.72. The van der Waals surface area contributed by atoms with Gasteiger partial charge in [-0.15, -0.1) is 0 Å². The minimum atomic E-state index is -0.227. The molecule has 0 N–H and O–H groups in total. The molecule has 1 aliphatic heterocycles. The first kappa shape index (κ1) is 8.10. The lowest BCUT2D eigenvalue weighted by atomic mass is 10.0. The summed E-state index contributed by atoms with van der Waals surface area (Å²) in [6.45, 7) is 2.25. The van der Waals surface area contributed by atoms with Gasteiger partial charge in [-0.3, -0.25) is 0 Å². The SMILES string of the molecule is COc1cc(C)c2c(c1)COC2=O. The maximum absolute atomic E-state index is 11.2. The van der Waals surface area contributed by atoms with E-state index in [0.29, 0.717) is 12.2 Å². The van der Waals surface area contributed by atoms with Crippen LogP contribution in [0.25, 0.3) is 0 Å². The second-order valence-electron chi connectivity index (χ2n) is 3.05. The molecule has 0 amide bonds. The second-order valence-corrected chi connectivity index (χ2v) is 3.05. The third kappa shape index (κ3) is 1.16. The van der Waals surface area contributed by atoms with Gasteiger partial charge in [0.25, 0.3) is 0 Å². The average Bonchev–Trinajstić information content (AvgIpc) is 2.48. The fourth-order valence-corrected chi connectivity index (χ4v) is 1.56. The van der Waals surface area contributed by atoms with Crippen molar-refractivity contribution in [1.29, 1.82) is 0 Å². The number of hydrogen-bond acceptors (Lipinski definition) is 3. The molecule has 1 aliphatic rings. The van der Waals surface area contributed by atoms with Gasteiger partial charge in [-0.05, 0) is 24.6 Å². The standard InChI is InChI=1S/C10H10O3/c1-6-3-8(12-2)4-7-5-13-10(11)9(6)7/h3-4H,5H2,1-2H3. The minimum absolute atomic E-state index is 0.227. The lowest BCUT2D eigenvalue weighted by Crippen LogP contribution is -1.97. The first-order valence-electron chi connectivity index (χ1n) is 4.07. The highest BCUT2D eigenvalue weighted by Crippen LogP contribution is 2.27. The molecule has 0 fully saturated rings. The lowest BCUT2D eigenvalue weighted by Gasteiger charge is -2.03. The second kappa shape index (κ2) is 2.76. The summed E-state index contributed by atoms with van der Waals surface area (Å²) >= 11 is 0. The molecule has 68 valence electrons. The molecule has 3 nitrogen and oxygen atoms in total. The topological polar surface area (TPSA) is 35.5 Å². The predicted octanol–water partition coefficient (Wildman–Crippen LogP) is 1.67. The number of carbonyl (C=O) groups is 1. The van der Waals surface area contributed by atoms with Gasteiger partial charge >= 0.3 is 5.97 Å². The number of aryl methyl sites for hydroxylation is 1. The molecule has 0 aliphatic carbocycles. The number of benzene rings is 1. The number of cyclic esters (lactones) is 1. The average molecular weight is 178 g/mol. The van der Waals surface area contributed by atoms with Crippen molar-refractivity contribution in [3.63, 3.8) is 0 Å². The number of fused-ring (bicyclic) bond motifs is 1. The van der Waals surface area contributed by atoms with Crippen LogP contribution in [0.5, 0.6) is 5.75 Å². The van der Waals surface area contributed by atoms with E-state index in [-0.39, 0.29) is 5.97 Å². The minimum Gasteiger partial charge on any atom is -0.497 e. The normalized spacial score (nSPS) is 13.8. The largest absolute Gasteiger partial charge is 0.497 e. The van der Waals surface area contributed by atoms with Crippen molar-refractivity contribution in [2.24, 2.45) is 0 Å². The van der Waals surface area contributed by atoms with Crippen molar-refractivity contribution >= 4 is 5.97 Å². The molecule has 0 aromatic heterocycles. The van der Waals surface area contributed by atoms with Gasteiger partial charge in [-0.2, -0.15) is 0 Å². The van der Waals surface area contributed by atoms with Gasteiger partial charge < -0.3 is 9.47 Å². The third-order valence-electron chi connectivity index (χ3n) is 2.19. The summed E-state index contributed by atoms with van der Waals surface area (Å²) in [4.78, 5) is 11.2. The Labute approximate surface area is 76.3 Å². The number of carbonyl (C=O) groups excluding carboxylic acids is 1. The van der Waals surface area contributed by atoms with Crippen molar-refractivity contribution in [3.05, 3.63) is 28.8 Å². The first-order valence-corrected chi connectivity index (χ1v) is 4.07. The summed E-state index contributed by atoms with van der Waals surface area (Å²) in [5.74, 6) is 0.546. The predicted molar refractivity (Wildman–Crippen MR) is 46.9 cm³/mol. The fraction of sp³-hybridized carbons (Fsp3) is 0.300. The van der Waals surface area contributed by atoms with Gasteiger partial charge in [-0.1, -0.05) is 0 Å². The van der Waals surface area contributed by atoms with E-state index in [1.165, 1.54) is 0 Å². The number of methoxy groups -OCH3 is 1. The maximum atomic E-state index is 11.2. The Hall–Kier alpha value is -1.51. The molecule has 3 heteroatoms. The number of esters is 1. The monoisotopic (exact) mass is 178 g/mol. The van der Waals surface area contributed by atoms with Crippen molar-refractivity contribution < 1.29 is 14.3 Å². The first-order chi connectivity index (χ1) is 6.22. The summed E-state index contributed by atoms with van der Waals surface area (Å²) in [6, 6.07) is 3.68. The van der Waals surface area contributed by atoms with E-state index in [4.69, 9.17) is 9.47 Å². The van der Waals surface area contributed by atoms with Crippen molar-refractivity contribution in [2.75, 3.05) is 7.11 Å². The van der Waals surface area contributed by atoms with Crippen molar-refractivity contribution in [3.8, 4) is 5.75 Å². The molecule has 1 heterocycles. The molecule has 13 heavy (non-hydrogen) atoms. The van der Waals surface area contributed by atoms with Crippen LogP contribution in [0.15, 0.2) is 12.1 Å².